The zero-order valence-electron chi connectivity index (χ0n) is 8.16. The number of methoxy groups -OCH3 is 1. The molecule has 0 bridgehead atoms. The molecule has 0 aliphatic heterocycles. The SMILES string of the molecule is COc1ccc(C=CCCN)cc1Cl. The van der Waals surface area contributed by atoms with Gasteiger partial charge in [-0.2, -0.15) is 0 Å². The predicted octanol–water partition coefficient (Wildman–Crippen LogP) is 2.71. The standard InChI is InChI=1S/C11H14ClNO/c1-14-11-6-5-9(8-10(11)12)4-2-3-7-13/h2,4-6,8H,3,7,13H2,1H3. The van der Waals surface area contributed by atoms with Gasteiger partial charge >= 0.3 is 0 Å². The Morgan fingerprint density at radius 1 is 1.50 bits per heavy atom. The topological polar surface area (TPSA) is 35.2 Å². The van der Waals surface area contributed by atoms with Crippen molar-refractivity contribution in [2.24, 2.45) is 5.73 Å². The minimum absolute atomic E-state index is 0.627. The molecule has 0 unspecified atom stereocenters. The summed E-state index contributed by atoms with van der Waals surface area (Å²) in [5.74, 6) is 0.697. The van der Waals surface area contributed by atoms with E-state index in [1.807, 2.05) is 30.4 Å². The van der Waals surface area contributed by atoms with Crippen molar-refractivity contribution in [2.75, 3.05) is 13.7 Å². The molecule has 1 rings (SSSR count). The fourth-order valence-electron chi connectivity index (χ4n) is 1.10. The molecular weight excluding hydrogens is 198 g/mol. The highest BCUT2D eigenvalue weighted by Crippen LogP contribution is 2.25. The molecule has 3 heteroatoms. The monoisotopic (exact) mass is 211 g/mol. The molecule has 0 saturated carbocycles. The minimum atomic E-state index is 0.627. The van der Waals surface area contributed by atoms with Crippen LogP contribution < -0.4 is 10.5 Å². The second-order valence-electron chi connectivity index (χ2n) is 2.87. The Bertz CT molecular complexity index is 323. The Hall–Kier alpha value is -0.990. The van der Waals surface area contributed by atoms with Crippen LogP contribution in [0, 0.1) is 0 Å². The van der Waals surface area contributed by atoms with Gasteiger partial charge in [-0.3, -0.25) is 0 Å². The third-order valence-corrected chi connectivity index (χ3v) is 2.11. The van der Waals surface area contributed by atoms with Gasteiger partial charge in [-0.25, -0.2) is 0 Å². The zero-order chi connectivity index (χ0) is 10.4. The molecule has 0 spiro atoms. The van der Waals surface area contributed by atoms with Crippen LogP contribution in [0.5, 0.6) is 5.75 Å². The van der Waals surface area contributed by atoms with E-state index in [4.69, 9.17) is 22.1 Å². The molecule has 76 valence electrons. The smallest absolute Gasteiger partial charge is 0.137 e. The molecule has 0 amide bonds. The van der Waals surface area contributed by atoms with Crippen LogP contribution in [-0.4, -0.2) is 13.7 Å². The van der Waals surface area contributed by atoms with Crippen LogP contribution in [0.15, 0.2) is 24.3 Å². The van der Waals surface area contributed by atoms with E-state index in [1.165, 1.54) is 0 Å². The minimum Gasteiger partial charge on any atom is -0.495 e. The van der Waals surface area contributed by atoms with Crippen LogP contribution in [0.2, 0.25) is 5.02 Å². The van der Waals surface area contributed by atoms with Crippen molar-refractivity contribution in [3.8, 4) is 5.75 Å². The summed E-state index contributed by atoms with van der Waals surface area (Å²) in [5.41, 5.74) is 6.43. The third-order valence-electron chi connectivity index (χ3n) is 1.82. The average molecular weight is 212 g/mol. The fraction of sp³-hybridized carbons (Fsp3) is 0.273. The number of benzene rings is 1. The first-order valence-electron chi connectivity index (χ1n) is 4.48. The molecule has 0 aromatic heterocycles. The van der Waals surface area contributed by atoms with Crippen LogP contribution in [0.25, 0.3) is 6.08 Å². The molecule has 0 aliphatic rings. The molecule has 2 N–H and O–H groups in total. The van der Waals surface area contributed by atoms with Crippen molar-refractivity contribution >= 4 is 17.7 Å². The zero-order valence-corrected chi connectivity index (χ0v) is 8.92. The lowest BCUT2D eigenvalue weighted by molar-refractivity contribution is 0.415. The van der Waals surface area contributed by atoms with Gasteiger partial charge < -0.3 is 10.5 Å². The summed E-state index contributed by atoms with van der Waals surface area (Å²) in [5, 5.41) is 0.627. The molecule has 2 nitrogen and oxygen atoms in total. The first-order chi connectivity index (χ1) is 6.77. The maximum atomic E-state index is 5.96. The lowest BCUT2D eigenvalue weighted by atomic mass is 10.2. The molecule has 0 fully saturated rings. The lowest BCUT2D eigenvalue weighted by Crippen LogP contribution is -1.94. The van der Waals surface area contributed by atoms with Gasteiger partial charge in [0, 0.05) is 0 Å². The van der Waals surface area contributed by atoms with Crippen molar-refractivity contribution in [3.63, 3.8) is 0 Å². The van der Waals surface area contributed by atoms with Gasteiger partial charge in [0.05, 0.1) is 12.1 Å². The van der Waals surface area contributed by atoms with E-state index in [2.05, 4.69) is 0 Å². The highest BCUT2D eigenvalue weighted by molar-refractivity contribution is 6.32. The van der Waals surface area contributed by atoms with Crippen LogP contribution >= 0.6 is 11.6 Å². The fourth-order valence-corrected chi connectivity index (χ4v) is 1.37. The van der Waals surface area contributed by atoms with Crippen molar-refractivity contribution in [2.45, 2.75) is 6.42 Å². The summed E-state index contributed by atoms with van der Waals surface area (Å²) in [6, 6.07) is 5.68. The summed E-state index contributed by atoms with van der Waals surface area (Å²) >= 11 is 5.96. The number of ether oxygens (including phenoxy) is 1. The number of halogens is 1. The van der Waals surface area contributed by atoms with Crippen LogP contribution in [-0.2, 0) is 0 Å². The molecular formula is C11H14ClNO. The predicted molar refractivity (Wildman–Crippen MR) is 60.7 cm³/mol. The quantitative estimate of drug-likeness (QED) is 0.831. The van der Waals surface area contributed by atoms with E-state index in [-0.39, 0.29) is 0 Å². The highest BCUT2D eigenvalue weighted by atomic mass is 35.5. The van der Waals surface area contributed by atoms with Crippen LogP contribution in [0.3, 0.4) is 0 Å². The first kappa shape index (κ1) is 11.1. The Labute approximate surface area is 89.3 Å². The molecule has 0 heterocycles. The Kier molecular flexibility index (Phi) is 4.50. The van der Waals surface area contributed by atoms with E-state index in [1.54, 1.807) is 7.11 Å². The van der Waals surface area contributed by atoms with Crippen molar-refractivity contribution in [3.05, 3.63) is 34.9 Å². The lowest BCUT2D eigenvalue weighted by Gasteiger charge is -2.02. The van der Waals surface area contributed by atoms with E-state index in [9.17, 15) is 0 Å². The molecule has 0 aliphatic carbocycles. The number of nitrogens with two attached hydrogens (primary N) is 1. The Morgan fingerprint density at radius 3 is 2.86 bits per heavy atom. The summed E-state index contributed by atoms with van der Waals surface area (Å²) in [7, 11) is 1.60. The van der Waals surface area contributed by atoms with Gasteiger partial charge in [-0.05, 0) is 30.7 Å². The second kappa shape index (κ2) is 5.68. The number of hydrogen-bond donors (Lipinski definition) is 1. The summed E-state index contributed by atoms with van der Waals surface area (Å²) < 4.78 is 5.05. The van der Waals surface area contributed by atoms with Gasteiger partial charge in [0.1, 0.15) is 5.75 Å². The van der Waals surface area contributed by atoms with E-state index in [0.717, 1.165) is 12.0 Å². The van der Waals surface area contributed by atoms with E-state index in [0.29, 0.717) is 17.3 Å². The maximum absolute atomic E-state index is 5.96. The molecule has 0 radical (unpaired) electrons. The normalized spacial score (nSPS) is 10.8. The Morgan fingerprint density at radius 2 is 2.29 bits per heavy atom. The third kappa shape index (κ3) is 3.05. The first-order valence-corrected chi connectivity index (χ1v) is 4.86. The van der Waals surface area contributed by atoms with Crippen molar-refractivity contribution in [1.82, 2.24) is 0 Å². The largest absolute Gasteiger partial charge is 0.495 e. The van der Waals surface area contributed by atoms with Crippen molar-refractivity contribution < 1.29 is 4.74 Å². The van der Waals surface area contributed by atoms with Gasteiger partial charge in [0.2, 0.25) is 0 Å². The van der Waals surface area contributed by atoms with Gasteiger partial charge in [-0.15, -0.1) is 0 Å². The number of rotatable bonds is 4. The average Bonchev–Trinajstić information content (AvgIpc) is 2.18. The van der Waals surface area contributed by atoms with Crippen molar-refractivity contribution in [1.29, 1.82) is 0 Å². The Balaban J connectivity index is 2.76. The molecule has 0 saturated heterocycles. The summed E-state index contributed by atoms with van der Waals surface area (Å²) in [6.45, 7) is 0.667. The summed E-state index contributed by atoms with van der Waals surface area (Å²) in [4.78, 5) is 0. The molecule has 1 aromatic carbocycles. The summed E-state index contributed by atoms with van der Waals surface area (Å²) in [6.07, 6.45) is 4.90. The molecule has 14 heavy (non-hydrogen) atoms. The molecule has 0 atom stereocenters. The molecule has 1 aromatic rings. The van der Waals surface area contributed by atoms with Gasteiger partial charge in [0.15, 0.2) is 0 Å². The van der Waals surface area contributed by atoms with Gasteiger partial charge in [-0.1, -0.05) is 29.8 Å². The number of hydrogen-bond acceptors (Lipinski definition) is 2. The maximum Gasteiger partial charge on any atom is 0.137 e. The van der Waals surface area contributed by atoms with Crippen LogP contribution in [0.1, 0.15) is 12.0 Å². The second-order valence-corrected chi connectivity index (χ2v) is 3.28. The van der Waals surface area contributed by atoms with Crippen LogP contribution in [0.4, 0.5) is 0 Å². The van der Waals surface area contributed by atoms with E-state index < -0.39 is 0 Å². The van der Waals surface area contributed by atoms with E-state index >= 15 is 0 Å². The van der Waals surface area contributed by atoms with Gasteiger partial charge in [0.25, 0.3) is 0 Å². The highest BCUT2D eigenvalue weighted by Gasteiger charge is 1.98.